The molecule has 74 valence electrons. The summed E-state index contributed by atoms with van der Waals surface area (Å²) in [7, 11) is 4.37. The van der Waals surface area contributed by atoms with Gasteiger partial charge in [0.15, 0.2) is 0 Å². The second kappa shape index (κ2) is 6.47. The summed E-state index contributed by atoms with van der Waals surface area (Å²) in [4.78, 5) is 2.34. The molecule has 12 heavy (non-hydrogen) atoms. The normalized spacial score (nSPS) is 14.2. The smallest absolute Gasteiger partial charge is 0.00890 e. The van der Waals surface area contributed by atoms with Gasteiger partial charge in [0, 0.05) is 6.04 Å². The summed E-state index contributed by atoms with van der Waals surface area (Å²) in [6, 6.07) is 0.741. The quantitative estimate of drug-likeness (QED) is 0.593. The van der Waals surface area contributed by atoms with Crippen LogP contribution in [0.4, 0.5) is 0 Å². The highest BCUT2D eigenvalue weighted by molar-refractivity contribution is 4.71. The van der Waals surface area contributed by atoms with Crippen LogP contribution in [0, 0.1) is 5.92 Å². The average Bonchev–Trinajstić information content (AvgIpc) is 2.03. The second-order valence-corrected chi connectivity index (χ2v) is 4.04. The Kier molecular flexibility index (Phi) is 6.45. The van der Waals surface area contributed by atoms with E-state index in [-0.39, 0.29) is 0 Å². The highest BCUT2D eigenvalue weighted by Crippen LogP contribution is 2.20. The molecule has 0 fully saturated rings. The molecule has 0 aromatic rings. The molecule has 1 unspecified atom stereocenters. The summed E-state index contributed by atoms with van der Waals surface area (Å²) >= 11 is 0. The van der Waals surface area contributed by atoms with Crippen molar-refractivity contribution >= 4 is 0 Å². The molecule has 1 nitrogen and oxygen atoms in total. The molecule has 0 saturated heterocycles. The van der Waals surface area contributed by atoms with Crippen LogP contribution >= 0.6 is 0 Å². The maximum Gasteiger partial charge on any atom is 0.00890 e. The monoisotopic (exact) mass is 171 g/mol. The van der Waals surface area contributed by atoms with E-state index in [1.165, 1.54) is 25.7 Å². The van der Waals surface area contributed by atoms with Gasteiger partial charge in [0.1, 0.15) is 0 Å². The van der Waals surface area contributed by atoms with E-state index in [2.05, 4.69) is 39.8 Å². The van der Waals surface area contributed by atoms with Crippen molar-refractivity contribution in [2.45, 2.75) is 52.5 Å². The number of hydrogen-bond donors (Lipinski definition) is 0. The van der Waals surface area contributed by atoms with E-state index in [0.717, 1.165) is 12.0 Å². The van der Waals surface area contributed by atoms with Gasteiger partial charge < -0.3 is 4.90 Å². The topological polar surface area (TPSA) is 3.24 Å². The number of hydrogen-bond acceptors (Lipinski definition) is 1. The third-order valence-electron chi connectivity index (χ3n) is 2.82. The minimum absolute atomic E-state index is 0.741. The van der Waals surface area contributed by atoms with Crippen molar-refractivity contribution in [1.29, 1.82) is 0 Å². The lowest BCUT2D eigenvalue weighted by Gasteiger charge is -2.28. The van der Waals surface area contributed by atoms with Crippen molar-refractivity contribution in [2.24, 2.45) is 5.92 Å². The zero-order chi connectivity index (χ0) is 9.56. The van der Waals surface area contributed by atoms with Crippen LogP contribution in [-0.4, -0.2) is 25.0 Å². The highest BCUT2D eigenvalue weighted by atomic mass is 15.1. The van der Waals surface area contributed by atoms with Crippen molar-refractivity contribution in [3.05, 3.63) is 0 Å². The second-order valence-electron chi connectivity index (χ2n) is 4.04. The van der Waals surface area contributed by atoms with Crippen LogP contribution in [0.3, 0.4) is 0 Å². The van der Waals surface area contributed by atoms with Gasteiger partial charge in [-0.2, -0.15) is 0 Å². The van der Waals surface area contributed by atoms with Gasteiger partial charge in [-0.15, -0.1) is 0 Å². The molecule has 0 saturated carbocycles. The Bertz CT molecular complexity index is 93.2. The molecule has 1 atom stereocenters. The molecule has 0 aromatic heterocycles. The standard InChI is InChI=1S/C11H25N/c1-6-8-11(9-7-2)10(3)12(4)5/h10-11H,6-9H2,1-5H3. The fraction of sp³-hybridized carbons (Fsp3) is 1.00. The summed E-state index contributed by atoms with van der Waals surface area (Å²) < 4.78 is 0. The van der Waals surface area contributed by atoms with Crippen LogP contribution in [0.25, 0.3) is 0 Å². The Balaban J connectivity index is 3.89. The van der Waals surface area contributed by atoms with Crippen LogP contribution in [0.1, 0.15) is 46.5 Å². The lowest BCUT2D eigenvalue weighted by atomic mass is 9.91. The van der Waals surface area contributed by atoms with Gasteiger partial charge in [-0.05, 0) is 39.8 Å². The molecule has 0 spiro atoms. The summed E-state index contributed by atoms with van der Waals surface area (Å²) in [5, 5.41) is 0. The molecule has 0 aromatic carbocycles. The van der Waals surface area contributed by atoms with E-state index < -0.39 is 0 Å². The van der Waals surface area contributed by atoms with Crippen molar-refractivity contribution in [2.75, 3.05) is 14.1 Å². The summed E-state index contributed by atoms with van der Waals surface area (Å²) in [6.45, 7) is 6.91. The molecule has 0 heterocycles. The fourth-order valence-corrected chi connectivity index (χ4v) is 1.79. The maximum absolute atomic E-state index is 2.34. The van der Waals surface area contributed by atoms with Crippen LogP contribution in [-0.2, 0) is 0 Å². The molecular weight excluding hydrogens is 146 g/mol. The van der Waals surface area contributed by atoms with E-state index in [9.17, 15) is 0 Å². The van der Waals surface area contributed by atoms with Gasteiger partial charge in [-0.25, -0.2) is 0 Å². The predicted octanol–water partition coefficient (Wildman–Crippen LogP) is 3.15. The lowest BCUT2D eigenvalue weighted by molar-refractivity contribution is 0.206. The first-order valence-corrected chi connectivity index (χ1v) is 5.29. The minimum atomic E-state index is 0.741. The van der Waals surface area contributed by atoms with Gasteiger partial charge >= 0.3 is 0 Å². The minimum Gasteiger partial charge on any atom is -0.306 e. The molecule has 0 bridgehead atoms. The lowest BCUT2D eigenvalue weighted by Crippen LogP contribution is -2.32. The molecule has 0 amide bonds. The van der Waals surface area contributed by atoms with Gasteiger partial charge in [0.05, 0.1) is 0 Å². The summed E-state index contributed by atoms with van der Waals surface area (Å²) in [5.41, 5.74) is 0. The van der Waals surface area contributed by atoms with Crippen LogP contribution in [0.15, 0.2) is 0 Å². The van der Waals surface area contributed by atoms with Crippen molar-refractivity contribution < 1.29 is 0 Å². The molecule has 0 N–H and O–H groups in total. The molecule has 0 aliphatic rings. The molecule has 0 radical (unpaired) electrons. The van der Waals surface area contributed by atoms with Crippen molar-refractivity contribution in [3.8, 4) is 0 Å². The van der Waals surface area contributed by atoms with Gasteiger partial charge in [-0.3, -0.25) is 0 Å². The van der Waals surface area contributed by atoms with Crippen molar-refractivity contribution in [3.63, 3.8) is 0 Å². The largest absolute Gasteiger partial charge is 0.306 e. The first-order chi connectivity index (χ1) is 5.63. The highest BCUT2D eigenvalue weighted by Gasteiger charge is 2.16. The fourth-order valence-electron chi connectivity index (χ4n) is 1.79. The molecule has 1 heteroatoms. The Morgan fingerprint density at radius 1 is 1.00 bits per heavy atom. The third kappa shape index (κ3) is 4.10. The van der Waals surface area contributed by atoms with E-state index in [4.69, 9.17) is 0 Å². The van der Waals surface area contributed by atoms with E-state index >= 15 is 0 Å². The van der Waals surface area contributed by atoms with Gasteiger partial charge in [-0.1, -0.05) is 26.7 Å². The zero-order valence-electron chi connectivity index (χ0n) is 9.43. The number of rotatable bonds is 6. The van der Waals surface area contributed by atoms with E-state index in [1.54, 1.807) is 0 Å². The SMILES string of the molecule is CCCC(CCC)C(C)N(C)C. The Morgan fingerprint density at radius 2 is 1.42 bits per heavy atom. The van der Waals surface area contributed by atoms with E-state index in [0.29, 0.717) is 0 Å². The molecule has 0 aliphatic heterocycles. The Hall–Kier alpha value is -0.0400. The molecule has 0 rings (SSSR count). The first-order valence-electron chi connectivity index (χ1n) is 5.29. The average molecular weight is 171 g/mol. The Morgan fingerprint density at radius 3 is 1.67 bits per heavy atom. The van der Waals surface area contributed by atoms with Crippen LogP contribution < -0.4 is 0 Å². The maximum atomic E-state index is 2.34. The van der Waals surface area contributed by atoms with Crippen LogP contribution in [0.5, 0.6) is 0 Å². The van der Waals surface area contributed by atoms with Gasteiger partial charge in [0.2, 0.25) is 0 Å². The summed E-state index contributed by atoms with van der Waals surface area (Å²) in [5.74, 6) is 0.898. The van der Waals surface area contributed by atoms with Gasteiger partial charge in [0.25, 0.3) is 0 Å². The molecular formula is C11H25N. The zero-order valence-corrected chi connectivity index (χ0v) is 9.43. The molecule has 0 aliphatic carbocycles. The van der Waals surface area contributed by atoms with Crippen LogP contribution in [0.2, 0.25) is 0 Å². The third-order valence-corrected chi connectivity index (χ3v) is 2.82. The number of nitrogens with zero attached hydrogens (tertiary/aromatic N) is 1. The van der Waals surface area contributed by atoms with Crippen molar-refractivity contribution in [1.82, 2.24) is 4.90 Å². The predicted molar refractivity (Wildman–Crippen MR) is 56.5 cm³/mol. The summed E-state index contributed by atoms with van der Waals surface area (Å²) in [6.07, 6.45) is 5.41. The first kappa shape index (κ1) is 12.0. The Labute approximate surface area is 78.1 Å². The van der Waals surface area contributed by atoms with E-state index in [1.807, 2.05) is 0 Å².